The van der Waals surface area contributed by atoms with Crippen LogP contribution in [0.15, 0.2) is 12.1 Å². The molecule has 1 aromatic carbocycles. The molecule has 1 saturated heterocycles. The summed E-state index contributed by atoms with van der Waals surface area (Å²) in [4.78, 5) is 23.4. The van der Waals surface area contributed by atoms with Crippen LogP contribution in [0.1, 0.15) is 0 Å². The van der Waals surface area contributed by atoms with Gasteiger partial charge in [-0.15, -0.1) is 12.4 Å². The van der Waals surface area contributed by atoms with Crippen molar-refractivity contribution >= 4 is 58.0 Å². The van der Waals surface area contributed by atoms with Crippen LogP contribution >= 0.6 is 35.6 Å². The molecule has 0 N–H and O–H groups in total. The minimum absolute atomic E-state index is 0. The predicted molar refractivity (Wildman–Crippen MR) is 93.2 cm³/mol. The summed E-state index contributed by atoms with van der Waals surface area (Å²) in [5.41, 5.74) is 1.40. The molecule has 23 heavy (non-hydrogen) atoms. The standard InChI is InChI=1S/C13H13Cl2N5O2.ClH/c1-18-2-4-19(5-3-18)10-6-8-9(7-11(10)20(21)22)17-13(15)12(14)16-8;/h6-7H,2-5H2,1H3;1H. The van der Waals surface area contributed by atoms with Crippen molar-refractivity contribution in [1.82, 2.24) is 14.9 Å². The summed E-state index contributed by atoms with van der Waals surface area (Å²) in [6.45, 7) is 3.14. The molecule has 1 aliphatic heterocycles. The van der Waals surface area contributed by atoms with E-state index in [1.807, 2.05) is 11.9 Å². The van der Waals surface area contributed by atoms with Gasteiger partial charge in [0.25, 0.3) is 5.69 Å². The molecule has 0 bridgehead atoms. The van der Waals surface area contributed by atoms with Gasteiger partial charge in [-0.1, -0.05) is 23.2 Å². The Morgan fingerprint density at radius 2 is 1.61 bits per heavy atom. The molecule has 0 aliphatic carbocycles. The SMILES string of the molecule is CN1CCN(c2cc3nc(Cl)c(Cl)nc3cc2[N+](=O)[O-])CC1.Cl. The van der Waals surface area contributed by atoms with E-state index in [1.54, 1.807) is 6.07 Å². The Balaban J connectivity index is 0.00000192. The van der Waals surface area contributed by atoms with Gasteiger partial charge in [0.2, 0.25) is 0 Å². The molecule has 3 rings (SSSR count). The van der Waals surface area contributed by atoms with Gasteiger partial charge < -0.3 is 9.80 Å². The monoisotopic (exact) mass is 377 g/mol. The molecule has 0 radical (unpaired) electrons. The fourth-order valence-electron chi connectivity index (χ4n) is 2.48. The van der Waals surface area contributed by atoms with Crippen LogP contribution in [0.3, 0.4) is 0 Å². The molecule has 2 aromatic rings. The number of likely N-dealkylation sites (N-methyl/N-ethyl adjacent to an activating group) is 1. The molecule has 10 heteroatoms. The molecule has 2 heterocycles. The van der Waals surface area contributed by atoms with Crippen molar-refractivity contribution in [2.45, 2.75) is 0 Å². The zero-order valence-electron chi connectivity index (χ0n) is 12.2. The second-order valence-electron chi connectivity index (χ2n) is 5.18. The summed E-state index contributed by atoms with van der Waals surface area (Å²) < 4.78 is 0. The second-order valence-corrected chi connectivity index (χ2v) is 5.90. The third kappa shape index (κ3) is 3.58. The third-order valence-electron chi connectivity index (χ3n) is 3.72. The zero-order chi connectivity index (χ0) is 15.9. The van der Waals surface area contributed by atoms with Crippen molar-refractivity contribution in [2.75, 3.05) is 38.1 Å². The molecule has 0 unspecified atom stereocenters. The number of benzene rings is 1. The number of aromatic nitrogens is 2. The van der Waals surface area contributed by atoms with E-state index in [0.717, 1.165) is 26.2 Å². The minimum Gasteiger partial charge on any atom is -0.363 e. The first kappa shape index (κ1) is 17.9. The Morgan fingerprint density at radius 1 is 1.09 bits per heavy atom. The lowest BCUT2D eigenvalue weighted by atomic mass is 10.2. The fourth-order valence-corrected chi connectivity index (χ4v) is 2.75. The van der Waals surface area contributed by atoms with Crippen LogP contribution in [-0.4, -0.2) is 53.0 Å². The number of anilines is 1. The Hall–Kier alpha value is -1.41. The number of halogens is 3. The number of hydrogen-bond acceptors (Lipinski definition) is 6. The largest absolute Gasteiger partial charge is 0.363 e. The Morgan fingerprint density at radius 3 is 2.13 bits per heavy atom. The summed E-state index contributed by atoms with van der Waals surface area (Å²) in [6, 6.07) is 3.06. The Labute approximate surface area is 148 Å². The third-order valence-corrected chi connectivity index (χ3v) is 4.34. The van der Waals surface area contributed by atoms with Gasteiger partial charge in [0.05, 0.1) is 16.0 Å². The molecular weight excluding hydrogens is 365 g/mol. The first-order valence-electron chi connectivity index (χ1n) is 6.70. The number of nitro groups is 1. The molecule has 0 saturated carbocycles. The zero-order valence-corrected chi connectivity index (χ0v) is 14.5. The molecular formula is C13H14Cl3N5O2. The highest BCUT2D eigenvalue weighted by molar-refractivity contribution is 6.40. The van der Waals surface area contributed by atoms with Gasteiger partial charge in [0.15, 0.2) is 10.3 Å². The van der Waals surface area contributed by atoms with E-state index < -0.39 is 4.92 Å². The highest BCUT2D eigenvalue weighted by Crippen LogP contribution is 2.33. The van der Waals surface area contributed by atoms with Gasteiger partial charge >= 0.3 is 0 Å². The van der Waals surface area contributed by atoms with E-state index in [4.69, 9.17) is 23.2 Å². The van der Waals surface area contributed by atoms with Crippen LogP contribution in [0, 0.1) is 10.1 Å². The number of fused-ring (bicyclic) bond motifs is 1. The van der Waals surface area contributed by atoms with E-state index in [0.29, 0.717) is 16.7 Å². The number of rotatable bonds is 2. The van der Waals surface area contributed by atoms with Crippen molar-refractivity contribution in [2.24, 2.45) is 0 Å². The van der Waals surface area contributed by atoms with E-state index in [2.05, 4.69) is 14.9 Å². The van der Waals surface area contributed by atoms with E-state index in [1.165, 1.54) is 6.07 Å². The van der Waals surface area contributed by atoms with Gasteiger partial charge in [0.1, 0.15) is 5.69 Å². The number of nitro benzene ring substituents is 1. The Kier molecular flexibility index (Phi) is 5.46. The van der Waals surface area contributed by atoms with Crippen LogP contribution in [-0.2, 0) is 0 Å². The Bertz CT molecular complexity index is 750. The van der Waals surface area contributed by atoms with Crippen molar-refractivity contribution in [3.63, 3.8) is 0 Å². The van der Waals surface area contributed by atoms with Crippen molar-refractivity contribution in [3.8, 4) is 0 Å². The van der Waals surface area contributed by atoms with Crippen molar-refractivity contribution < 1.29 is 4.92 Å². The fraction of sp³-hybridized carbons (Fsp3) is 0.385. The van der Waals surface area contributed by atoms with E-state index in [9.17, 15) is 10.1 Å². The summed E-state index contributed by atoms with van der Waals surface area (Å²) in [5, 5.41) is 11.5. The smallest absolute Gasteiger partial charge is 0.294 e. The van der Waals surface area contributed by atoms with Crippen LogP contribution < -0.4 is 4.90 Å². The number of hydrogen-bond donors (Lipinski definition) is 0. The van der Waals surface area contributed by atoms with Gasteiger partial charge in [-0.05, 0) is 13.1 Å². The van der Waals surface area contributed by atoms with Crippen LogP contribution in [0.2, 0.25) is 10.3 Å². The maximum atomic E-state index is 11.4. The first-order chi connectivity index (χ1) is 10.5. The quantitative estimate of drug-likeness (QED) is 0.590. The summed E-state index contributed by atoms with van der Waals surface area (Å²) in [6.07, 6.45) is 0. The molecule has 7 nitrogen and oxygen atoms in total. The van der Waals surface area contributed by atoms with Gasteiger partial charge in [-0.25, -0.2) is 9.97 Å². The molecule has 1 aliphatic rings. The van der Waals surface area contributed by atoms with Crippen LogP contribution in [0.25, 0.3) is 11.0 Å². The molecule has 0 atom stereocenters. The second kappa shape index (κ2) is 7.00. The number of piperazine rings is 1. The van der Waals surface area contributed by atoms with Gasteiger partial charge in [0, 0.05) is 32.2 Å². The average molecular weight is 379 g/mol. The first-order valence-corrected chi connectivity index (χ1v) is 7.46. The summed E-state index contributed by atoms with van der Waals surface area (Å²) >= 11 is 11.7. The lowest BCUT2D eigenvalue weighted by molar-refractivity contribution is -0.384. The molecule has 0 spiro atoms. The van der Waals surface area contributed by atoms with Crippen molar-refractivity contribution in [1.29, 1.82) is 0 Å². The topological polar surface area (TPSA) is 75.4 Å². The van der Waals surface area contributed by atoms with E-state index in [-0.39, 0.29) is 28.4 Å². The highest BCUT2D eigenvalue weighted by Gasteiger charge is 2.24. The van der Waals surface area contributed by atoms with Gasteiger partial charge in [-0.2, -0.15) is 0 Å². The molecule has 124 valence electrons. The summed E-state index contributed by atoms with van der Waals surface area (Å²) in [7, 11) is 2.03. The van der Waals surface area contributed by atoms with Crippen molar-refractivity contribution in [3.05, 3.63) is 32.6 Å². The normalized spacial score (nSPS) is 15.5. The predicted octanol–water partition coefficient (Wildman–Crippen LogP) is 3.02. The highest BCUT2D eigenvalue weighted by atomic mass is 35.5. The van der Waals surface area contributed by atoms with Crippen LogP contribution in [0.4, 0.5) is 11.4 Å². The average Bonchev–Trinajstić information content (AvgIpc) is 2.48. The van der Waals surface area contributed by atoms with E-state index >= 15 is 0 Å². The number of nitrogens with zero attached hydrogens (tertiary/aromatic N) is 5. The molecule has 1 fully saturated rings. The van der Waals surface area contributed by atoms with Crippen LogP contribution in [0.5, 0.6) is 0 Å². The molecule has 0 amide bonds. The summed E-state index contributed by atoms with van der Waals surface area (Å²) in [5.74, 6) is 0. The lowest BCUT2D eigenvalue weighted by Gasteiger charge is -2.33. The maximum absolute atomic E-state index is 11.4. The minimum atomic E-state index is -0.405. The maximum Gasteiger partial charge on any atom is 0.294 e. The lowest BCUT2D eigenvalue weighted by Crippen LogP contribution is -2.44. The molecule has 1 aromatic heterocycles. The van der Waals surface area contributed by atoms with Gasteiger partial charge in [-0.3, -0.25) is 10.1 Å².